The fourth-order valence-electron chi connectivity index (χ4n) is 2.64. The molecule has 0 aliphatic heterocycles. The Bertz CT molecular complexity index is 867. The van der Waals surface area contributed by atoms with E-state index in [1.165, 1.54) is 54.6 Å². The summed E-state index contributed by atoms with van der Waals surface area (Å²) >= 11 is 0. The molecule has 31 heavy (non-hydrogen) atoms. The van der Waals surface area contributed by atoms with Crippen LogP contribution < -0.4 is 0 Å². The van der Waals surface area contributed by atoms with E-state index in [1.807, 2.05) is 0 Å². The van der Waals surface area contributed by atoms with E-state index in [-0.39, 0.29) is 5.56 Å². The summed E-state index contributed by atoms with van der Waals surface area (Å²) in [5.41, 5.74) is 0.502. The third-order valence-electron chi connectivity index (χ3n) is 4.41. The summed E-state index contributed by atoms with van der Waals surface area (Å²) < 4.78 is 120. The van der Waals surface area contributed by atoms with Gasteiger partial charge in [0.1, 0.15) is 6.10 Å². The van der Waals surface area contributed by atoms with Gasteiger partial charge in [0.15, 0.2) is 0 Å². The van der Waals surface area contributed by atoms with Crippen molar-refractivity contribution in [2.75, 3.05) is 0 Å². The number of benzene rings is 2. The lowest BCUT2D eigenvalue weighted by Gasteiger charge is -2.37. The smallest absolute Gasteiger partial charge is 0.384 e. The van der Waals surface area contributed by atoms with Crippen LogP contribution in [-0.4, -0.2) is 47.4 Å². The average Bonchev–Trinajstić information content (AvgIpc) is 2.71. The summed E-state index contributed by atoms with van der Waals surface area (Å²) in [6.45, 7) is 0. The lowest BCUT2D eigenvalue weighted by molar-refractivity contribution is -0.406. The number of hydrogen-bond donors (Lipinski definition) is 1. The van der Waals surface area contributed by atoms with E-state index in [4.69, 9.17) is 0 Å². The number of alkyl halides is 9. The minimum absolute atomic E-state index is 0.207. The van der Waals surface area contributed by atoms with Crippen molar-refractivity contribution in [3.8, 4) is 0 Å². The normalized spacial score (nSPS) is 15.8. The maximum absolute atomic E-state index is 14.2. The fraction of sp³-hybridized carbons (Fsp3) is 0.350. The van der Waals surface area contributed by atoms with Gasteiger partial charge in [0.2, 0.25) is 0 Å². The summed E-state index contributed by atoms with van der Waals surface area (Å²) in [5.74, 6) is -20.2. The topological polar surface area (TPSA) is 32.6 Å². The molecule has 0 saturated carbocycles. The highest BCUT2D eigenvalue weighted by molar-refractivity contribution is 5.79. The molecule has 2 aromatic rings. The standard InChI is InChI=1S/C20H16F9NO/c21-17(22,18(23,24)19(25,26)20(27,28)29)16(31)15(11-13-7-3-1-4-8-13)30-12-14-9-5-2-6-10-14/h1-10,12,15-16,31H,11H2/t15-,16+/m0/s1. The summed E-state index contributed by atoms with van der Waals surface area (Å²) in [7, 11) is 0. The number of aliphatic hydroxyl groups is 1. The highest BCUT2D eigenvalue weighted by Crippen LogP contribution is 2.54. The Morgan fingerprint density at radius 3 is 1.71 bits per heavy atom. The molecule has 0 unspecified atom stereocenters. The monoisotopic (exact) mass is 457 g/mol. The van der Waals surface area contributed by atoms with Crippen molar-refractivity contribution >= 4 is 6.21 Å². The molecule has 0 aliphatic rings. The van der Waals surface area contributed by atoms with Crippen molar-refractivity contribution in [1.29, 1.82) is 0 Å². The van der Waals surface area contributed by atoms with Crippen molar-refractivity contribution in [3.05, 3.63) is 71.8 Å². The Morgan fingerprint density at radius 1 is 0.742 bits per heavy atom. The van der Waals surface area contributed by atoms with Gasteiger partial charge in [-0.3, -0.25) is 4.99 Å². The van der Waals surface area contributed by atoms with Gasteiger partial charge in [-0.2, -0.15) is 39.5 Å². The van der Waals surface area contributed by atoms with Gasteiger partial charge in [-0.1, -0.05) is 60.7 Å². The van der Waals surface area contributed by atoms with E-state index in [0.717, 1.165) is 6.21 Å². The van der Waals surface area contributed by atoms with Crippen molar-refractivity contribution in [2.24, 2.45) is 4.99 Å². The molecule has 0 bridgehead atoms. The van der Waals surface area contributed by atoms with Gasteiger partial charge < -0.3 is 5.11 Å². The molecule has 0 aliphatic carbocycles. The van der Waals surface area contributed by atoms with Gasteiger partial charge >= 0.3 is 23.9 Å². The first-order chi connectivity index (χ1) is 14.2. The number of hydrogen-bond acceptors (Lipinski definition) is 2. The molecular weight excluding hydrogens is 441 g/mol. The van der Waals surface area contributed by atoms with Crippen molar-refractivity contribution in [1.82, 2.24) is 0 Å². The number of rotatable bonds is 8. The van der Waals surface area contributed by atoms with Crippen LogP contribution in [0, 0.1) is 0 Å². The molecule has 2 atom stereocenters. The summed E-state index contributed by atoms with van der Waals surface area (Å²) in [6, 6.07) is 12.5. The molecule has 0 spiro atoms. The van der Waals surface area contributed by atoms with Crippen LogP contribution >= 0.6 is 0 Å². The Labute approximate surface area is 171 Å². The van der Waals surface area contributed by atoms with E-state index in [9.17, 15) is 44.6 Å². The second-order valence-corrected chi connectivity index (χ2v) is 6.66. The molecule has 2 rings (SSSR count). The third-order valence-corrected chi connectivity index (χ3v) is 4.41. The van der Waals surface area contributed by atoms with Gasteiger partial charge in [0.05, 0.1) is 6.04 Å². The largest absolute Gasteiger partial charge is 0.460 e. The van der Waals surface area contributed by atoms with Crippen LogP contribution in [0.15, 0.2) is 65.7 Å². The number of aliphatic hydroxyl groups excluding tert-OH is 1. The van der Waals surface area contributed by atoms with Crippen LogP contribution in [0.4, 0.5) is 39.5 Å². The first-order valence-corrected chi connectivity index (χ1v) is 8.72. The van der Waals surface area contributed by atoms with Gasteiger partial charge in [-0.15, -0.1) is 0 Å². The molecule has 0 radical (unpaired) electrons. The Morgan fingerprint density at radius 2 is 1.23 bits per heavy atom. The Hall–Kier alpha value is -2.56. The second-order valence-electron chi connectivity index (χ2n) is 6.66. The minimum Gasteiger partial charge on any atom is -0.384 e. The van der Waals surface area contributed by atoms with Gasteiger partial charge in [0, 0.05) is 6.21 Å². The Balaban J connectivity index is 2.44. The van der Waals surface area contributed by atoms with E-state index in [1.54, 1.807) is 6.07 Å². The Kier molecular flexibility index (Phi) is 7.09. The molecular formula is C20H16F9NO. The fourth-order valence-corrected chi connectivity index (χ4v) is 2.64. The molecule has 0 amide bonds. The molecule has 170 valence electrons. The quantitative estimate of drug-likeness (QED) is 0.410. The first kappa shape index (κ1) is 24.7. The highest BCUT2D eigenvalue weighted by Gasteiger charge is 2.83. The molecule has 0 saturated heterocycles. The van der Waals surface area contributed by atoms with E-state index >= 15 is 0 Å². The van der Waals surface area contributed by atoms with E-state index in [2.05, 4.69) is 4.99 Å². The molecule has 2 aromatic carbocycles. The molecule has 0 aromatic heterocycles. The highest BCUT2D eigenvalue weighted by atomic mass is 19.4. The summed E-state index contributed by atoms with van der Waals surface area (Å²) in [4.78, 5) is 3.60. The van der Waals surface area contributed by atoms with Gasteiger partial charge in [-0.05, 0) is 17.5 Å². The van der Waals surface area contributed by atoms with Gasteiger partial charge in [-0.25, -0.2) is 0 Å². The lowest BCUT2D eigenvalue weighted by Crippen LogP contribution is -2.66. The van der Waals surface area contributed by atoms with Crippen LogP contribution in [0.25, 0.3) is 0 Å². The number of halogens is 9. The van der Waals surface area contributed by atoms with Crippen LogP contribution in [0.1, 0.15) is 11.1 Å². The lowest BCUT2D eigenvalue weighted by atomic mass is 9.91. The van der Waals surface area contributed by atoms with Crippen LogP contribution in [0.5, 0.6) is 0 Å². The van der Waals surface area contributed by atoms with Crippen molar-refractivity contribution < 1.29 is 44.6 Å². The first-order valence-electron chi connectivity index (χ1n) is 8.72. The predicted octanol–water partition coefficient (Wildman–Crippen LogP) is 5.55. The van der Waals surface area contributed by atoms with E-state index < -0.39 is 42.5 Å². The molecule has 2 nitrogen and oxygen atoms in total. The van der Waals surface area contributed by atoms with Crippen LogP contribution in [-0.2, 0) is 6.42 Å². The second kappa shape index (κ2) is 8.89. The average molecular weight is 457 g/mol. The maximum atomic E-state index is 14.2. The third kappa shape index (κ3) is 5.03. The SMILES string of the molecule is O[C@H]([C@H](Cc1ccccc1)N=Cc1ccccc1)C(F)(F)C(F)(F)C(F)(F)C(F)(F)F. The summed E-state index contributed by atoms with van der Waals surface area (Å²) in [5, 5.41) is 9.90. The number of aliphatic imine (C=N–C) groups is 1. The minimum atomic E-state index is -7.09. The molecule has 1 N–H and O–H groups in total. The maximum Gasteiger partial charge on any atom is 0.460 e. The zero-order valence-corrected chi connectivity index (χ0v) is 15.5. The van der Waals surface area contributed by atoms with Gasteiger partial charge in [0.25, 0.3) is 0 Å². The predicted molar refractivity (Wildman–Crippen MR) is 94.9 cm³/mol. The van der Waals surface area contributed by atoms with Crippen LogP contribution in [0.2, 0.25) is 0 Å². The van der Waals surface area contributed by atoms with Crippen LogP contribution in [0.3, 0.4) is 0 Å². The van der Waals surface area contributed by atoms with Crippen molar-refractivity contribution in [2.45, 2.75) is 42.5 Å². The zero-order valence-electron chi connectivity index (χ0n) is 15.5. The molecule has 0 fully saturated rings. The van der Waals surface area contributed by atoms with E-state index in [0.29, 0.717) is 5.56 Å². The number of nitrogens with zero attached hydrogens (tertiary/aromatic N) is 1. The van der Waals surface area contributed by atoms with Crippen molar-refractivity contribution in [3.63, 3.8) is 0 Å². The summed E-state index contributed by atoms with van der Waals surface area (Å²) in [6.07, 6.45) is -10.3. The molecule has 0 heterocycles. The zero-order chi connectivity index (χ0) is 23.5. The molecule has 11 heteroatoms.